The summed E-state index contributed by atoms with van der Waals surface area (Å²) in [6.07, 6.45) is 2.92. The van der Waals surface area contributed by atoms with Gasteiger partial charge in [0.25, 0.3) is 0 Å². The largest absolute Gasteiger partial charge is 0.497 e. The Kier molecular flexibility index (Phi) is 6.04. The van der Waals surface area contributed by atoms with Crippen LogP contribution in [0.2, 0.25) is 0 Å². The molecule has 8 nitrogen and oxygen atoms in total. The van der Waals surface area contributed by atoms with E-state index in [1.165, 1.54) is 0 Å². The van der Waals surface area contributed by atoms with Gasteiger partial charge in [0.2, 0.25) is 12.1 Å². The van der Waals surface area contributed by atoms with Crippen LogP contribution in [0.1, 0.15) is 43.7 Å². The number of ketones is 1. The van der Waals surface area contributed by atoms with Crippen molar-refractivity contribution >= 4 is 11.6 Å². The maximum atomic E-state index is 13.4. The maximum Gasteiger partial charge on any atom is 0.305 e. The number of carbonyl (C=O) groups is 1. The van der Waals surface area contributed by atoms with Gasteiger partial charge in [0.05, 0.1) is 32.8 Å². The van der Waals surface area contributed by atoms with E-state index in [-0.39, 0.29) is 17.1 Å². The van der Waals surface area contributed by atoms with E-state index in [9.17, 15) is 4.79 Å². The molecule has 3 aliphatic rings. The van der Waals surface area contributed by atoms with Crippen LogP contribution in [-0.2, 0) is 16.1 Å². The number of benzene rings is 1. The molecule has 0 radical (unpaired) electrons. The summed E-state index contributed by atoms with van der Waals surface area (Å²) in [6, 6.07) is 7.84. The van der Waals surface area contributed by atoms with Crippen molar-refractivity contribution in [3.05, 3.63) is 53.1 Å². The summed E-state index contributed by atoms with van der Waals surface area (Å²) in [5, 5.41) is 0. The summed E-state index contributed by atoms with van der Waals surface area (Å²) < 4.78 is 19.1. The summed E-state index contributed by atoms with van der Waals surface area (Å²) in [6.45, 7) is 9.09. The Labute approximate surface area is 200 Å². The number of methoxy groups -OCH3 is 1. The summed E-state index contributed by atoms with van der Waals surface area (Å²) in [5.41, 5.74) is 9.06. The first kappa shape index (κ1) is 22.8. The number of carbonyl (C=O) groups excluding carboxylic acids is 1. The minimum absolute atomic E-state index is 0.112. The fourth-order valence-corrected chi connectivity index (χ4v) is 5.20. The number of hydrogen-bond donors (Lipinski definition) is 1. The number of allylic oxidation sites excluding steroid dienone is 2. The molecule has 0 saturated carbocycles. The summed E-state index contributed by atoms with van der Waals surface area (Å²) in [5.74, 6) is 2.35. The quantitative estimate of drug-likeness (QED) is 0.679. The van der Waals surface area contributed by atoms with Crippen LogP contribution in [0, 0.1) is 5.41 Å². The highest BCUT2D eigenvalue weighted by Crippen LogP contribution is 2.50. The molecule has 1 aliphatic carbocycles. The molecule has 1 atom stereocenters. The number of fused-ring (bicyclic) bond motifs is 1. The van der Waals surface area contributed by atoms with Crippen molar-refractivity contribution in [1.82, 2.24) is 9.88 Å². The molecule has 8 heteroatoms. The highest BCUT2D eigenvalue weighted by molar-refractivity contribution is 6.00. The second-order valence-corrected chi connectivity index (χ2v) is 10.1. The molecule has 2 aliphatic heterocycles. The molecule has 0 spiro atoms. The van der Waals surface area contributed by atoms with Crippen LogP contribution in [0.4, 0.5) is 5.82 Å². The molecule has 2 aromatic rings. The average molecular weight is 466 g/mol. The van der Waals surface area contributed by atoms with Crippen LogP contribution in [0.25, 0.3) is 0 Å². The number of nitrogens with two attached hydrogens (primary N) is 1. The third-order valence-electron chi connectivity index (χ3n) is 7.02. The topological polar surface area (TPSA) is 90.8 Å². The van der Waals surface area contributed by atoms with Gasteiger partial charge in [-0.25, -0.2) is 4.57 Å². The smallest absolute Gasteiger partial charge is 0.305 e. The van der Waals surface area contributed by atoms with Gasteiger partial charge in [0, 0.05) is 38.0 Å². The Bertz CT molecular complexity index is 1120. The molecular formula is C26H33N4O4+. The number of aromatic nitrogens is 2. The fourth-order valence-electron chi connectivity index (χ4n) is 5.20. The number of nitrogens with zero attached hydrogens (tertiary/aromatic N) is 3. The third-order valence-corrected chi connectivity index (χ3v) is 7.02. The predicted molar refractivity (Wildman–Crippen MR) is 127 cm³/mol. The highest BCUT2D eigenvalue weighted by atomic mass is 16.5. The number of anilines is 1. The molecule has 1 aromatic carbocycles. The molecule has 1 saturated heterocycles. The van der Waals surface area contributed by atoms with Crippen molar-refractivity contribution in [2.45, 2.75) is 39.2 Å². The molecule has 180 valence electrons. The normalized spacial score (nSPS) is 22.1. The Hall–Kier alpha value is -2.97. The molecule has 0 bridgehead atoms. The standard InChI is InChI=1S/C26H32N4O4/c1-26(2)14-19(31)22-20(15-26)34-25-23(21(22)17-4-6-18(32-3)7-5-17)24(27)30(16-28-25)9-8-29-10-12-33-13-11-29/h4-7,16,21,27H,8-15H2,1-3H3/p+1/t21-/m1/s1. The first-order chi connectivity index (χ1) is 16.4. The van der Waals surface area contributed by atoms with E-state index in [1.54, 1.807) is 13.4 Å². The van der Waals surface area contributed by atoms with E-state index < -0.39 is 0 Å². The molecule has 3 heterocycles. The number of rotatable bonds is 5. The Morgan fingerprint density at radius 2 is 1.94 bits per heavy atom. The molecule has 0 unspecified atom stereocenters. The second-order valence-electron chi connectivity index (χ2n) is 10.1. The van der Waals surface area contributed by atoms with Crippen LogP contribution in [0.5, 0.6) is 11.6 Å². The minimum atomic E-state index is -0.323. The first-order valence-electron chi connectivity index (χ1n) is 11.9. The van der Waals surface area contributed by atoms with E-state index in [1.807, 2.05) is 28.8 Å². The average Bonchev–Trinajstić information content (AvgIpc) is 2.82. The van der Waals surface area contributed by atoms with Crippen molar-refractivity contribution in [2.24, 2.45) is 5.41 Å². The maximum absolute atomic E-state index is 13.4. The molecule has 1 aromatic heterocycles. The lowest BCUT2D eigenvalue weighted by Gasteiger charge is -2.37. The highest BCUT2D eigenvalue weighted by Gasteiger charge is 2.45. The lowest BCUT2D eigenvalue weighted by atomic mass is 9.70. The number of nitrogen functional groups attached to an aromatic ring is 1. The van der Waals surface area contributed by atoms with E-state index >= 15 is 0 Å². The van der Waals surface area contributed by atoms with Gasteiger partial charge < -0.3 is 19.9 Å². The Balaban J connectivity index is 1.56. The van der Waals surface area contributed by atoms with Crippen LogP contribution in [0.3, 0.4) is 0 Å². The van der Waals surface area contributed by atoms with Gasteiger partial charge in [-0.2, -0.15) is 0 Å². The van der Waals surface area contributed by atoms with E-state index in [2.05, 4.69) is 23.7 Å². The first-order valence-corrected chi connectivity index (χ1v) is 11.9. The van der Waals surface area contributed by atoms with Crippen LogP contribution in [-0.4, -0.2) is 55.6 Å². The van der Waals surface area contributed by atoms with Gasteiger partial charge in [-0.3, -0.25) is 9.69 Å². The van der Waals surface area contributed by atoms with E-state index in [4.69, 9.17) is 19.9 Å². The van der Waals surface area contributed by atoms with Gasteiger partial charge in [0.1, 0.15) is 17.1 Å². The molecule has 0 amide bonds. The third kappa shape index (κ3) is 4.28. The number of morpholine rings is 1. The Morgan fingerprint density at radius 3 is 2.65 bits per heavy atom. The molecule has 34 heavy (non-hydrogen) atoms. The lowest BCUT2D eigenvalue weighted by molar-refractivity contribution is -0.685. The lowest BCUT2D eigenvalue weighted by Crippen LogP contribution is -2.47. The summed E-state index contributed by atoms with van der Waals surface area (Å²) >= 11 is 0. The van der Waals surface area contributed by atoms with Gasteiger partial charge >= 0.3 is 5.88 Å². The van der Waals surface area contributed by atoms with Crippen LogP contribution >= 0.6 is 0 Å². The van der Waals surface area contributed by atoms with Crippen molar-refractivity contribution in [3.63, 3.8) is 0 Å². The fraction of sp³-hybridized carbons (Fsp3) is 0.500. The van der Waals surface area contributed by atoms with Crippen molar-refractivity contribution < 1.29 is 23.6 Å². The zero-order valence-electron chi connectivity index (χ0n) is 20.2. The van der Waals surface area contributed by atoms with Gasteiger partial charge in [-0.05, 0) is 23.1 Å². The van der Waals surface area contributed by atoms with Crippen molar-refractivity contribution in [2.75, 3.05) is 45.7 Å². The molecule has 2 N–H and O–H groups in total. The zero-order chi connectivity index (χ0) is 23.9. The number of Topliss-reactive ketones (excluding diaryl/α,β-unsaturated/α-hetero) is 1. The summed E-state index contributed by atoms with van der Waals surface area (Å²) in [7, 11) is 1.64. The predicted octanol–water partition coefficient (Wildman–Crippen LogP) is 2.46. The zero-order valence-corrected chi connectivity index (χ0v) is 20.2. The van der Waals surface area contributed by atoms with Gasteiger partial charge in [-0.1, -0.05) is 31.0 Å². The summed E-state index contributed by atoms with van der Waals surface area (Å²) in [4.78, 5) is 20.5. The minimum Gasteiger partial charge on any atom is -0.497 e. The second kappa shape index (κ2) is 9.00. The number of ether oxygens (including phenoxy) is 3. The van der Waals surface area contributed by atoms with E-state index in [0.29, 0.717) is 42.4 Å². The van der Waals surface area contributed by atoms with Gasteiger partial charge in [0.15, 0.2) is 5.78 Å². The molecular weight excluding hydrogens is 432 g/mol. The SMILES string of the molecule is COc1ccc([C@@H]2C3=C(CC(C)(C)CC3=O)Oc3nc[n+](CCN4CCOCC4)c(N)c32)cc1. The Morgan fingerprint density at radius 1 is 1.21 bits per heavy atom. The van der Waals surface area contributed by atoms with E-state index in [0.717, 1.165) is 49.7 Å². The van der Waals surface area contributed by atoms with Crippen LogP contribution < -0.4 is 19.8 Å². The molecule has 1 fully saturated rings. The van der Waals surface area contributed by atoms with Crippen molar-refractivity contribution in [3.8, 4) is 11.6 Å². The molecule has 5 rings (SSSR count). The van der Waals surface area contributed by atoms with Gasteiger partial charge in [-0.15, -0.1) is 0 Å². The van der Waals surface area contributed by atoms with Crippen LogP contribution in [0.15, 0.2) is 41.9 Å². The monoisotopic (exact) mass is 465 g/mol. The number of hydrogen-bond acceptors (Lipinski definition) is 7. The van der Waals surface area contributed by atoms with Crippen molar-refractivity contribution in [1.29, 1.82) is 0 Å².